The van der Waals surface area contributed by atoms with Gasteiger partial charge in [-0.2, -0.15) is 0 Å². The van der Waals surface area contributed by atoms with Gasteiger partial charge in [-0.1, -0.05) is 48.0 Å². The highest BCUT2D eigenvalue weighted by Crippen LogP contribution is 2.36. The fraction of sp³-hybridized carbons (Fsp3) is 0.0952. The van der Waals surface area contributed by atoms with Crippen molar-refractivity contribution in [3.8, 4) is 0 Å². The lowest BCUT2D eigenvalue weighted by molar-refractivity contribution is 0.226. The van der Waals surface area contributed by atoms with Crippen molar-refractivity contribution < 1.29 is 17.6 Å². The zero-order chi connectivity index (χ0) is 20.6. The smallest absolute Gasteiger partial charge is 0.288 e. The maximum Gasteiger partial charge on any atom is 0.339 e. The lowest BCUT2D eigenvalue weighted by atomic mass is 10.2. The molecule has 1 heterocycles. The third-order valence-corrected chi connectivity index (χ3v) is 6.64. The third kappa shape index (κ3) is 3.71. The summed E-state index contributed by atoms with van der Waals surface area (Å²) < 4.78 is 40.3. The Morgan fingerprint density at radius 3 is 2.31 bits per heavy atom. The number of benzene rings is 3. The summed E-state index contributed by atoms with van der Waals surface area (Å²) in [7, 11) is -4.05. The normalized spacial score (nSPS) is 15.3. The Labute approximate surface area is 173 Å². The summed E-state index contributed by atoms with van der Waals surface area (Å²) in [6.07, 6.45) is 0. The number of urea groups is 1. The van der Waals surface area contributed by atoms with E-state index in [9.17, 15) is 17.6 Å². The van der Waals surface area contributed by atoms with Crippen molar-refractivity contribution in [2.24, 2.45) is 0 Å². The molecule has 3 aromatic carbocycles. The maximum absolute atomic E-state index is 13.2. The number of nitrogens with zero attached hydrogens (tertiary/aromatic N) is 2. The number of fused-ring (bicyclic) bond motifs is 1. The van der Waals surface area contributed by atoms with Crippen LogP contribution in [0.1, 0.15) is 11.1 Å². The van der Waals surface area contributed by atoms with Crippen LogP contribution in [0.2, 0.25) is 5.02 Å². The number of sulfonamides is 1. The molecule has 0 spiro atoms. The van der Waals surface area contributed by atoms with Crippen LogP contribution in [-0.2, 0) is 23.1 Å². The van der Waals surface area contributed by atoms with Crippen LogP contribution in [0.4, 0.5) is 14.9 Å². The van der Waals surface area contributed by atoms with E-state index in [1.165, 1.54) is 35.2 Å². The molecule has 1 aliphatic rings. The van der Waals surface area contributed by atoms with Crippen LogP contribution >= 0.6 is 11.6 Å². The molecule has 0 radical (unpaired) electrons. The average molecular weight is 431 g/mol. The highest BCUT2D eigenvalue weighted by Gasteiger charge is 2.41. The molecule has 8 heteroatoms. The minimum atomic E-state index is -4.05. The Kier molecular flexibility index (Phi) is 5.02. The Morgan fingerprint density at radius 2 is 1.59 bits per heavy atom. The number of hydrogen-bond acceptors (Lipinski definition) is 3. The lowest BCUT2D eigenvalue weighted by Crippen LogP contribution is -2.49. The zero-order valence-corrected chi connectivity index (χ0v) is 16.7. The van der Waals surface area contributed by atoms with E-state index in [1.807, 2.05) is 6.07 Å². The second kappa shape index (κ2) is 7.50. The van der Waals surface area contributed by atoms with Gasteiger partial charge in [-0.3, -0.25) is 4.90 Å². The minimum absolute atomic E-state index is 0.0451. The highest BCUT2D eigenvalue weighted by atomic mass is 35.5. The molecular weight excluding hydrogens is 415 g/mol. The van der Waals surface area contributed by atoms with Gasteiger partial charge < -0.3 is 0 Å². The van der Waals surface area contributed by atoms with Gasteiger partial charge >= 0.3 is 6.03 Å². The van der Waals surface area contributed by atoms with E-state index in [-0.39, 0.29) is 18.0 Å². The van der Waals surface area contributed by atoms with E-state index >= 15 is 0 Å². The van der Waals surface area contributed by atoms with Gasteiger partial charge in [0.1, 0.15) is 10.7 Å². The highest BCUT2D eigenvalue weighted by molar-refractivity contribution is 7.90. The summed E-state index contributed by atoms with van der Waals surface area (Å²) in [6.45, 7) is -0.0341. The SMILES string of the molecule is O=C1N(Cc2cccc(Cl)c2)c2ccccc2S(=O)(=O)N1Cc1ccc(F)cc1. The number of rotatable bonds is 4. The molecule has 0 saturated heterocycles. The van der Waals surface area contributed by atoms with Gasteiger partial charge in [0.25, 0.3) is 10.0 Å². The molecule has 29 heavy (non-hydrogen) atoms. The molecule has 3 aromatic rings. The van der Waals surface area contributed by atoms with Crippen molar-refractivity contribution >= 4 is 33.3 Å². The standard InChI is InChI=1S/C21H16ClFN2O3S/c22-17-5-3-4-16(12-17)13-24-19-6-1-2-7-20(19)29(27,28)25(21(24)26)14-15-8-10-18(23)11-9-15/h1-12H,13-14H2. The summed E-state index contributed by atoms with van der Waals surface area (Å²) in [5.74, 6) is -0.436. The quantitative estimate of drug-likeness (QED) is 0.596. The molecular formula is C21H16ClFN2O3S. The predicted molar refractivity (Wildman–Crippen MR) is 109 cm³/mol. The fourth-order valence-electron chi connectivity index (χ4n) is 3.24. The summed E-state index contributed by atoms with van der Waals surface area (Å²) in [5.41, 5.74) is 1.58. The van der Waals surface area contributed by atoms with Crippen LogP contribution in [-0.4, -0.2) is 18.8 Å². The minimum Gasteiger partial charge on any atom is -0.288 e. The van der Waals surface area contributed by atoms with Crippen molar-refractivity contribution in [3.05, 3.63) is 94.8 Å². The first-order valence-electron chi connectivity index (χ1n) is 8.78. The maximum atomic E-state index is 13.2. The van der Waals surface area contributed by atoms with Gasteiger partial charge in [0, 0.05) is 5.02 Å². The largest absolute Gasteiger partial charge is 0.339 e. The average Bonchev–Trinajstić information content (AvgIpc) is 2.70. The molecule has 0 N–H and O–H groups in total. The number of hydrogen-bond donors (Lipinski definition) is 0. The molecule has 0 aromatic heterocycles. The molecule has 4 rings (SSSR count). The Balaban J connectivity index is 1.77. The van der Waals surface area contributed by atoms with E-state index < -0.39 is 21.9 Å². The van der Waals surface area contributed by atoms with Crippen LogP contribution in [0.5, 0.6) is 0 Å². The van der Waals surface area contributed by atoms with Crippen LogP contribution in [0, 0.1) is 5.82 Å². The number of carbonyl (C=O) groups excluding carboxylic acids is 1. The molecule has 0 atom stereocenters. The Hall–Kier alpha value is -2.90. The molecule has 2 amide bonds. The van der Waals surface area contributed by atoms with Crippen molar-refractivity contribution in [3.63, 3.8) is 0 Å². The van der Waals surface area contributed by atoms with Crippen molar-refractivity contribution in [2.75, 3.05) is 4.90 Å². The molecule has 0 unspecified atom stereocenters. The molecule has 0 bridgehead atoms. The molecule has 0 aliphatic carbocycles. The van der Waals surface area contributed by atoms with Gasteiger partial charge in [0.2, 0.25) is 0 Å². The summed E-state index contributed by atoms with van der Waals surface area (Å²) in [4.78, 5) is 14.7. The van der Waals surface area contributed by atoms with Gasteiger partial charge in [-0.15, -0.1) is 0 Å². The Bertz CT molecular complexity index is 1180. The first-order valence-corrected chi connectivity index (χ1v) is 10.6. The third-order valence-electron chi connectivity index (χ3n) is 4.64. The van der Waals surface area contributed by atoms with E-state index in [4.69, 9.17) is 11.6 Å². The monoisotopic (exact) mass is 430 g/mol. The molecule has 1 aliphatic heterocycles. The van der Waals surface area contributed by atoms with Crippen molar-refractivity contribution in [1.82, 2.24) is 4.31 Å². The van der Waals surface area contributed by atoms with Gasteiger partial charge in [-0.05, 0) is 47.5 Å². The van der Waals surface area contributed by atoms with Gasteiger partial charge in [-0.25, -0.2) is 21.9 Å². The van der Waals surface area contributed by atoms with Crippen molar-refractivity contribution in [1.29, 1.82) is 0 Å². The number of anilines is 1. The number of para-hydroxylation sites is 1. The van der Waals surface area contributed by atoms with Crippen molar-refractivity contribution in [2.45, 2.75) is 18.0 Å². The first kappa shape index (κ1) is 19.4. The molecule has 0 fully saturated rings. The van der Waals surface area contributed by atoms with Crippen LogP contribution in [0.3, 0.4) is 0 Å². The van der Waals surface area contributed by atoms with E-state index in [0.717, 1.165) is 9.87 Å². The Morgan fingerprint density at radius 1 is 0.862 bits per heavy atom. The van der Waals surface area contributed by atoms with E-state index in [1.54, 1.807) is 36.4 Å². The molecule has 148 valence electrons. The van der Waals surface area contributed by atoms with Crippen LogP contribution < -0.4 is 4.90 Å². The summed E-state index contributed by atoms with van der Waals surface area (Å²) in [5, 5.41) is 0.524. The predicted octanol–water partition coefficient (Wildman–Crippen LogP) is 4.81. The van der Waals surface area contributed by atoms with Crippen LogP contribution in [0.25, 0.3) is 0 Å². The van der Waals surface area contributed by atoms with Gasteiger partial charge in [0.15, 0.2) is 0 Å². The van der Waals surface area contributed by atoms with E-state index in [2.05, 4.69) is 0 Å². The molecule has 0 saturated carbocycles. The molecule has 5 nitrogen and oxygen atoms in total. The van der Waals surface area contributed by atoms with Gasteiger partial charge in [0.05, 0.1) is 18.8 Å². The van der Waals surface area contributed by atoms with E-state index in [0.29, 0.717) is 16.3 Å². The lowest BCUT2D eigenvalue weighted by Gasteiger charge is -2.36. The summed E-state index contributed by atoms with van der Waals surface area (Å²) >= 11 is 6.05. The number of carbonyl (C=O) groups is 1. The summed E-state index contributed by atoms with van der Waals surface area (Å²) in [6, 6.07) is 18.1. The number of halogens is 2. The first-order chi connectivity index (χ1) is 13.9. The zero-order valence-electron chi connectivity index (χ0n) is 15.1. The van der Waals surface area contributed by atoms with Crippen LogP contribution in [0.15, 0.2) is 77.7 Å². The number of amides is 2. The second-order valence-corrected chi connectivity index (χ2v) is 8.87. The second-order valence-electron chi connectivity index (χ2n) is 6.60. The fourth-order valence-corrected chi connectivity index (χ4v) is 5.00. The topological polar surface area (TPSA) is 57.7 Å².